The molecule has 8 nitrogen and oxygen atoms in total. The lowest BCUT2D eigenvalue weighted by molar-refractivity contribution is -0.121. The number of aromatic nitrogens is 3. The number of ether oxygens (including phenoxy) is 1. The second-order valence-electron chi connectivity index (χ2n) is 7.94. The lowest BCUT2D eigenvalue weighted by atomic mass is 10.1. The Labute approximate surface area is 210 Å². The van der Waals surface area contributed by atoms with E-state index < -0.39 is 0 Å². The molecule has 0 bridgehead atoms. The predicted molar refractivity (Wildman–Crippen MR) is 139 cm³/mol. The van der Waals surface area contributed by atoms with E-state index >= 15 is 0 Å². The number of benzene rings is 2. The highest BCUT2D eigenvalue weighted by atomic mass is 32.2. The summed E-state index contributed by atoms with van der Waals surface area (Å²) in [7, 11) is 1.60. The van der Waals surface area contributed by atoms with E-state index in [1.807, 2.05) is 60.0 Å². The standard InChI is InChI=1S/C26H31N5O3S/c1-5-15-31-25(18(3)27-23(32)16-20-9-13-22(34-4)14-10-20)29-30-26(31)35-17-24(33)28-21-11-7-19(6-2)8-12-21/h5,7-14,18H,1,6,15-17H2,2-4H3,(H,27,32)(H,28,33)/t18-/m0/s1. The van der Waals surface area contributed by atoms with Gasteiger partial charge in [-0.2, -0.15) is 0 Å². The molecule has 2 aromatic carbocycles. The average molecular weight is 494 g/mol. The number of amides is 2. The summed E-state index contributed by atoms with van der Waals surface area (Å²) in [5, 5.41) is 15.0. The lowest BCUT2D eigenvalue weighted by Gasteiger charge is -2.15. The molecular weight excluding hydrogens is 462 g/mol. The Morgan fingerprint density at radius 3 is 2.40 bits per heavy atom. The van der Waals surface area contributed by atoms with Gasteiger partial charge in [-0.05, 0) is 48.7 Å². The van der Waals surface area contributed by atoms with Crippen LogP contribution in [0.1, 0.15) is 36.8 Å². The smallest absolute Gasteiger partial charge is 0.234 e. The van der Waals surface area contributed by atoms with Gasteiger partial charge in [-0.15, -0.1) is 16.8 Å². The fourth-order valence-corrected chi connectivity index (χ4v) is 4.22. The number of methoxy groups -OCH3 is 1. The van der Waals surface area contributed by atoms with E-state index in [1.54, 1.807) is 13.2 Å². The Hall–Kier alpha value is -3.59. The highest BCUT2D eigenvalue weighted by molar-refractivity contribution is 7.99. The molecule has 0 radical (unpaired) electrons. The highest BCUT2D eigenvalue weighted by Gasteiger charge is 2.20. The third-order valence-electron chi connectivity index (χ3n) is 5.32. The van der Waals surface area contributed by atoms with Crippen LogP contribution in [0.2, 0.25) is 0 Å². The van der Waals surface area contributed by atoms with Crippen molar-refractivity contribution >= 4 is 29.3 Å². The van der Waals surface area contributed by atoms with Crippen LogP contribution in [0.4, 0.5) is 5.69 Å². The van der Waals surface area contributed by atoms with Crippen LogP contribution < -0.4 is 15.4 Å². The summed E-state index contributed by atoms with van der Waals surface area (Å²) in [6.45, 7) is 8.22. The van der Waals surface area contributed by atoms with Crippen molar-refractivity contribution in [1.29, 1.82) is 0 Å². The molecule has 0 fully saturated rings. The van der Waals surface area contributed by atoms with Gasteiger partial charge in [0.2, 0.25) is 11.8 Å². The normalized spacial score (nSPS) is 11.5. The molecule has 0 saturated heterocycles. The second kappa shape index (κ2) is 12.8. The molecule has 3 rings (SSSR count). The van der Waals surface area contributed by atoms with Gasteiger partial charge in [0.1, 0.15) is 5.75 Å². The van der Waals surface area contributed by atoms with Gasteiger partial charge in [0, 0.05) is 12.2 Å². The van der Waals surface area contributed by atoms with Gasteiger partial charge < -0.3 is 19.9 Å². The molecule has 0 unspecified atom stereocenters. The lowest BCUT2D eigenvalue weighted by Crippen LogP contribution is -2.30. The van der Waals surface area contributed by atoms with Gasteiger partial charge in [0.15, 0.2) is 11.0 Å². The fourth-order valence-electron chi connectivity index (χ4n) is 3.46. The molecule has 2 N–H and O–H groups in total. The molecule has 0 aliphatic heterocycles. The topological polar surface area (TPSA) is 98.1 Å². The number of thioether (sulfide) groups is 1. The summed E-state index contributed by atoms with van der Waals surface area (Å²) in [4.78, 5) is 25.0. The van der Waals surface area contributed by atoms with Crippen LogP contribution in [0, 0.1) is 0 Å². The minimum Gasteiger partial charge on any atom is -0.497 e. The number of allylic oxidation sites excluding steroid dienone is 1. The summed E-state index contributed by atoms with van der Waals surface area (Å²) < 4.78 is 7.01. The summed E-state index contributed by atoms with van der Waals surface area (Å²) in [5.41, 5.74) is 2.86. The first-order chi connectivity index (χ1) is 16.9. The molecule has 9 heteroatoms. The average Bonchev–Trinajstić information content (AvgIpc) is 3.26. The Kier molecular flexibility index (Phi) is 9.48. The van der Waals surface area contributed by atoms with E-state index in [-0.39, 0.29) is 30.0 Å². The molecule has 0 aliphatic rings. The molecule has 184 valence electrons. The Bertz CT molecular complexity index is 1140. The van der Waals surface area contributed by atoms with Crippen molar-refractivity contribution in [1.82, 2.24) is 20.1 Å². The number of rotatable bonds is 12. The first-order valence-corrected chi connectivity index (χ1v) is 12.4. The van der Waals surface area contributed by atoms with Crippen LogP contribution in [-0.4, -0.2) is 39.4 Å². The van der Waals surface area contributed by atoms with Crippen LogP contribution in [0.25, 0.3) is 0 Å². The van der Waals surface area contributed by atoms with Crippen LogP contribution in [0.5, 0.6) is 5.75 Å². The summed E-state index contributed by atoms with van der Waals surface area (Å²) >= 11 is 1.29. The third kappa shape index (κ3) is 7.45. The molecule has 3 aromatic rings. The largest absolute Gasteiger partial charge is 0.497 e. The highest BCUT2D eigenvalue weighted by Crippen LogP contribution is 2.21. The summed E-state index contributed by atoms with van der Waals surface area (Å²) in [5.74, 6) is 1.27. The van der Waals surface area contributed by atoms with E-state index in [2.05, 4.69) is 34.3 Å². The fraction of sp³-hybridized carbons (Fsp3) is 0.308. The number of anilines is 1. The molecule has 0 aliphatic carbocycles. The van der Waals surface area contributed by atoms with E-state index in [1.165, 1.54) is 17.3 Å². The first kappa shape index (κ1) is 26.0. The van der Waals surface area contributed by atoms with Gasteiger partial charge in [-0.3, -0.25) is 9.59 Å². The zero-order chi connectivity index (χ0) is 25.2. The zero-order valence-corrected chi connectivity index (χ0v) is 21.1. The van der Waals surface area contributed by atoms with Crippen LogP contribution in [0.15, 0.2) is 66.3 Å². The zero-order valence-electron chi connectivity index (χ0n) is 20.3. The number of hydrogen-bond donors (Lipinski definition) is 2. The maximum Gasteiger partial charge on any atom is 0.234 e. The number of carbonyl (C=O) groups excluding carboxylic acids is 2. The van der Waals surface area contributed by atoms with Gasteiger partial charge in [-0.1, -0.05) is 49.0 Å². The Morgan fingerprint density at radius 2 is 1.77 bits per heavy atom. The summed E-state index contributed by atoms with van der Waals surface area (Å²) in [6, 6.07) is 14.8. The van der Waals surface area contributed by atoms with Crippen molar-refractivity contribution < 1.29 is 14.3 Å². The van der Waals surface area contributed by atoms with E-state index in [0.29, 0.717) is 17.5 Å². The maximum atomic E-state index is 12.6. The Balaban J connectivity index is 1.59. The number of carbonyl (C=O) groups is 2. The van der Waals surface area contributed by atoms with Crippen molar-refractivity contribution in [3.63, 3.8) is 0 Å². The van der Waals surface area contributed by atoms with E-state index in [0.717, 1.165) is 23.4 Å². The summed E-state index contributed by atoms with van der Waals surface area (Å²) in [6.07, 6.45) is 2.93. The molecule has 1 aromatic heterocycles. The van der Waals surface area contributed by atoms with Crippen LogP contribution >= 0.6 is 11.8 Å². The molecule has 35 heavy (non-hydrogen) atoms. The number of nitrogens with one attached hydrogen (secondary N) is 2. The van der Waals surface area contributed by atoms with Crippen molar-refractivity contribution in [2.75, 3.05) is 18.2 Å². The first-order valence-electron chi connectivity index (χ1n) is 11.4. The maximum absolute atomic E-state index is 12.6. The SMILES string of the molecule is C=CCn1c(SCC(=O)Nc2ccc(CC)cc2)nnc1[C@H](C)NC(=O)Cc1ccc(OC)cc1. The molecule has 0 spiro atoms. The van der Waals surface area contributed by atoms with Crippen LogP contribution in [0.3, 0.4) is 0 Å². The molecule has 0 saturated carbocycles. The Morgan fingerprint density at radius 1 is 1.09 bits per heavy atom. The molecule has 1 heterocycles. The van der Waals surface area contributed by atoms with Crippen molar-refractivity contribution in [2.45, 2.75) is 44.4 Å². The predicted octanol–water partition coefficient (Wildman–Crippen LogP) is 4.19. The minimum absolute atomic E-state index is 0.126. The van der Waals surface area contributed by atoms with Crippen molar-refractivity contribution in [3.05, 3.63) is 78.1 Å². The quantitative estimate of drug-likeness (QED) is 0.290. The third-order valence-corrected chi connectivity index (χ3v) is 6.29. The number of aryl methyl sites for hydroxylation is 1. The monoisotopic (exact) mass is 493 g/mol. The molecule has 1 atom stereocenters. The van der Waals surface area contributed by atoms with Crippen LogP contribution in [-0.2, 0) is 29.0 Å². The van der Waals surface area contributed by atoms with Crippen molar-refractivity contribution in [2.24, 2.45) is 0 Å². The van der Waals surface area contributed by atoms with Gasteiger partial charge in [-0.25, -0.2) is 0 Å². The molecule has 2 amide bonds. The number of nitrogens with zero attached hydrogens (tertiary/aromatic N) is 3. The molecular formula is C26H31N5O3S. The van der Waals surface area contributed by atoms with Gasteiger partial charge in [0.05, 0.1) is 25.3 Å². The minimum atomic E-state index is -0.367. The van der Waals surface area contributed by atoms with Gasteiger partial charge >= 0.3 is 0 Å². The number of hydrogen-bond acceptors (Lipinski definition) is 6. The van der Waals surface area contributed by atoms with E-state index in [9.17, 15) is 9.59 Å². The van der Waals surface area contributed by atoms with Crippen molar-refractivity contribution in [3.8, 4) is 5.75 Å². The second-order valence-corrected chi connectivity index (χ2v) is 8.88. The van der Waals surface area contributed by atoms with Gasteiger partial charge in [0.25, 0.3) is 0 Å². The van der Waals surface area contributed by atoms with E-state index in [4.69, 9.17) is 4.74 Å².